The average Bonchev–Trinajstić information content (AvgIpc) is 2.56. The molecule has 2 aromatic carbocycles. The molecule has 4 nitrogen and oxygen atoms in total. The minimum atomic E-state index is 0.127. The van der Waals surface area contributed by atoms with E-state index in [9.17, 15) is 0 Å². The van der Waals surface area contributed by atoms with Crippen LogP contribution in [0.2, 0.25) is 0 Å². The Labute approximate surface area is 148 Å². The van der Waals surface area contributed by atoms with Crippen molar-refractivity contribution in [3.63, 3.8) is 0 Å². The fourth-order valence-electron chi connectivity index (χ4n) is 2.79. The molecule has 3 rings (SSSR count). The number of benzene rings is 2. The predicted molar refractivity (Wildman–Crippen MR) is 101 cm³/mol. The van der Waals surface area contributed by atoms with Crippen LogP contribution in [0.4, 0.5) is 5.69 Å². The zero-order valence-corrected chi connectivity index (χ0v) is 15.0. The van der Waals surface area contributed by atoms with Gasteiger partial charge in [-0.15, -0.1) is 0 Å². The van der Waals surface area contributed by atoms with Crippen LogP contribution >= 0.6 is 12.2 Å². The second-order valence-corrected chi connectivity index (χ2v) is 6.45. The van der Waals surface area contributed by atoms with Gasteiger partial charge in [-0.2, -0.15) is 0 Å². The number of nitrogens with one attached hydrogen (secondary N) is 2. The molecular formula is C19H22N2O2S. The van der Waals surface area contributed by atoms with Gasteiger partial charge in [-0.25, -0.2) is 0 Å². The fraction of sp³-hybridized carbons (Fsp3) is 0.316. The number of thiocarbonyl (C=S) groups is 1. The van der Waals surface area contributed by atoms with E-state index in [4.69, 9.17) is 21.7 Å². The molecule has 1 aliphatic rings. The van der Waals surface area contributed by atoms with Gasteiger partial charge in [0.15, 0.2) is 16.6 Å². The van der Waals surface area contributed by atoms with Gasteiger partial charge < -0.3 is 20.1 Å². The van der Waals surface area contributed by atoms with Crippen LogP contribution < -0.4 is 20.1 Å². The van der Waals surface area contributed by atoms with E-state index in [-0.39, 0.29) is 6.04 Å². The lowest BCUT2D eigenvalue weighted by atomic mass is 10.0. The molecule has 0 bridgehead atoms. The Hall–Kier alpha value is -2.27. The molecule has 0 aromatic heterocycles. The van der Waals surface area contributed by atoms with Crippen molar-refractivity contribution in [2.45, 2.75) is 26.8 Å². The molecule has 0 radical (unpaired) electrons. The summed E-state index contributed by atoms with van der Waals surface area (Å²) in [5, 5.41) is 7.14. The highest BCUT2D eigenvalue weighted by atomic mass is 32.1. The Morgan fingerprint density at radius 2 is 1.79 bits per heavy atom. The first-order valence-electron chi connectivity index (χ1n) is 8.07. The molecule has 2 N–H and O–H groups in total. The Balaban J connectivity index is 1.66. The lowest BCUT2D eigenvalue weighted by molar-refractivity contribution is 0.171. The minimum absolute atomic E-state index is 0.127. The molecule has 0 fully saturated rings. The average molecular weight is 342 g/mol. The molecule has 0 saturated carbocycles. The molecule has 1 heterocycles. The summed E-state index contributed by atoms with van der Waals surface area (Å²) in [7, 11) is 0. The van der Waals surface area contributed by atoms with E-state index >= 15 is 0 Å². The highest BCUT2D eigenvalue weighted by molar-refractivity contribution is 7.80. The molecule has 126 valence electrons. The normalized spacial score (nSPS) is 14.0. The van der Waals surface area contributed by atoms with Crippen LogP contribution in [0, 0.1) is 13.8 Å². The highest BCUT2D eigenvalue weighted by Gasteiger charge is 2.13. The monoisotopic (exact) mass is 342 g/mol. The van der Waals surface area contributed by atoms with Gasteiger partial charge in [-0.3, -0.25) is 0 Å². The Morgan fingerprint density at radius 1 is 1.04 bits per heavy atom. The fourth-order valence-corrected chi connectivity index (χ4v) is 3.08. The summed E-state index contributed by atoms with van der Waals surface area (Å²) in [5.41, 5.74) is 4.63. The second-order valence-electron chi connectivity index (χ2n) is 6.04. The number of rotatable bonds is 3. The smallest absolute Gasteiger partial charge is 0.171 e. The molecule has 1 atom stereocenters. The van der Waals surface area contributed by atoms with Gasteiger partial charge in [0.1, 0.15) is 13.2 Å². The van der Waals surface area contributed by atoms with E-state index in [0.717, 1.165) is 17.2 Å². The lowest BCUT2D eigenvalue weighted by Gasteiger charge is -2.21. The SMILES string of the molecule is Cc1ccc(C)c(C(C)NC(=S)Nc2ccc3c(c2)OCCO3)c1. The number of hydrogen-bond acceptors (Lipinski definition) is 3. The van der Waals surface area contributed by atoms with Crippen molar-refractivity contribution in [2.75, 3.05) is 18.5 Å². The van der Waals surface area contributed by atoms with Gasteiger partial charge >= 0.3 is 0 Å². The van der Waals surface area contributed by atoms with Gasteiger partial charge in [0.05, 0.1) is 6.04 Å². The molecule has 0 saturated heterocycles. The summed E-state index contributed by atoms with van der Waals surface area (Å²) in [4.78, 5) is 0. The highest BCUT2D eigenvalue weighted by Crippen LogP contribution is 2.32. The Morgan fingerprint density at radius 3 is 2.58 bits per heavy atom. The summed E-state index contributed by atoms with van der Waals surface area (Å²) in [5.74, 6) is 1.52. The van der Waals surface area contributed by atoms with E-state index in [1.54, 1.807) is 0 Å². The van der Waals surface area contributed by atoms with Crippen molar-refractivity contribution in [3.8, 4) is 11.5 Å². The third kappa shape index (κ3) is 3.79. The zero-order valence-electron chi connectivity index (χ0n) is 14.2. The van der Waals surface area contributed by atoms with Crippen molar-refractivity contribution in [1.82, 2.24) is 5.32 Å². The van der Waals surface area contributed by atoms with Crippen LogP contribution in [0.5, 0.6) is 11.5 Å². The topological polar surface area (TPSA) is 42.5 Å². The molecule has 0 amide bonds. The summed E-state index contributed by atoms with van der Waals surface area (Å²) < 4.78 is 11.1. The third-order valence-corrected chi connectivity index (χ3v) is 4.27. The molecule has 2 aromatic rings. The molecule has 0 spiro atoms. The van der Waals surface area contributed by atoms with E-state index in [0.29, 0.717) is 18.3 Å². The van der Waals surface area contributed by atoms with Crippen molar-refractivity contribution in [1.29, 1.82) is 0 Å². The zero-order chi connectivity index (χ0) is 17.1. The van der Waals surface area contributed by atoms with Crippen LogP contribution in [0.15, 0.2) is 36.4 Å². The second kappa shape index (κ2) is 7.09. The van der Waals surface area contributed by atoms with E-state index < -0.39 is 0 Å². The molecule has 1 unspecified atom stereocenters. The predicted octanol–water partition coefficient (Wildman–Crippen LogP) is 4.12. The van der Waals surface area contributed by atoms with Crippen LogP contribution in [0.25, 0.3) is 0 Å². The maximum absolute atomic E-state index is 5.60. The Kier molecular flexibility index (Phi) is 4.90. The van der Waals surface area contributed by atoms with Crippen molar-refractivity contribution in [2.24, 2.45) is 0 Å². The van der Waals surface area contributed by atoms with Crippen LogP contribution in [0.1, 0.15) is 29.7 Å². The van der Waals surface area contributed by atoms with Crippen LogP contribution in [-0.2, 0) is 0 Å². The molecule has 0 aliphatic carbocycles. The molecule has 1 aliphatic heterocycles. The Bertz CT molecular complexity index is 761. The van der Waals surface area contributed by atoms with Crippen molar-refractivity contribution < 1.29 is 9.47 Å². The van der Waals surface area contributed by atoms with Gasteiger partial charge in [0.2, 0.25) is 0 Å². The first kappa shape index (κ1) is 16.6. The number of ether oxygens (including phenoxy) is 2. The van der Waals surface area contributed by atoms with E-state index in [2.05, 4.69) is 49.6 Å². The molecular weight excluding hydrogens is 320 g/mol. The van der Waals surface area contributed by atoms with Gasteiger partial charge in [0.25, 0.3) is 0 Å². The molecule has 24 heavy (non-hydrogen) atoms. The summed E-state index contributed by atoms with van der Waals surface area (Å²) in [6.07, 6.45) is 0. The maximum atomic E-state index is 5.60. The number of aryl methyl sites for hydroxylation is 2. The summed E-state index contributed by atoms with van der Waals surface area (Å²) in [6.45, 7) is 7.49. The first-order chi connectivity index (χ1) is 11.5. The number of hydrogen-bond donors (Lipinski definition) is 2. The number of anilines is 1. The van der Waals surface area contributed by atoms with Crippen LogP contribution in [0.3, 0.4) is 0 Å². The largest absolute Gasteiger partial charge is 0.486 e. The quantitative estimate of drug-likeness (QED) is 0.821. The van der Waals surface area contributed by atoms with Crippen molar-refractivity contribution in [3.05, 3.63) is 53.1 Å². The summed E-state index contributed by atoms with van der Waals surface area (Å²) in [6, 6.07) is 12.3. The number of fused-ring (bicyclic) bond motifs is 1. The van der Waals surface area contributed by atoms with Gasteiger partial charge in [-0.1, -0.05) is 23.8 Å². The minimum Gasteiger partial charge on any atom is -0.486 e. The molecule has 5 heteroatoms. The van der Waals surface area contributed by atoms with E-state index in [1.807, 2.05) is 18.2 Å². The van der Waals surface area contributed by atoms with Crippen LogP contribution in [-0.4, -0.2) is 18.3 Å². The lowest BCUT2D eigenvalue weighted by Crippen LogP contribution is -2.31. The van der Waals surface area contributed by atoms with Crippen molar-refractivity contribution >= 4 is 23.0 Å². The third-order valence-electron chi connectivity index (χ3n) is 4.05. The van der Waals surface area contributed by atoms with Gasteiger partial charge in [0, 0.05) is 11.8 Å². The maximum Gasteiger partial charge on any atom is 0.171 e. The first-order valence-corrected chi connectivity index (χ1v) is 8.48. The van der Waals surface area contributed by atoms with Gasteiger partial charge in [-0.05, 0) is 56.2 Å². The van der Waals surface area contributed by atoms with E-state index in [1.165, 1.54) is 16.7 Å². The standard InChI is InChI=1S/C19H22N2O2S/c1-12-4-5-13(2)16(10-12)14(3)20-19(24)21-15-6-7-17-18(11-15)23-9-8-22-17/h4-7,10-11,14H,8-9H2,1-3H3,(H2,20,21,24). The summed E-state index contributed by atoms with van der Waals surface area (Å²) >= 11 is 5.45.